The second kappa shape index (κ2) is 7.78. The molecule has 3 rings (SSSR count). The van der Waals surface area contributed by atoms with Gasteiger partial charge in [0, 0.05) is 18.1 Å². The first-order chi connectivity index (χ1) is 12.4. The summed E-state index contributed by atoms with van der Waals surface area (Å²) in [5.41, 5.74) is 7.56. The molecule has 0 aliphatic carbocycles. The van der Waals surface area contributed by atoms with Crippen LogP contribution in [-0.4, -0.2) is 34.7 Å². The van der Waals surface area contributed by atoms with Crippen LogP contribution in [0.25, 0.3) is 0 Å². The predicted molar refractivity (Wildman–Crippen MR) is 97.2 cm³/mol. The van der Waals surface area contributed by atoms with Crippen molar-refractivity contribution in [2.24, 2.45) is 11.7 Å². The van der Waals surface area contributed by atoms with Crippen molar-refractivity contribution in [3.63, 3.8) is 0 Å². The molecule has 2 aromatic rings. The van der Waals surface area contributed by atoms with Gasteiger partial charge in [0.15, 0.2) is 6.61 Å². The van der Waals surface area contributed by atoms with E-state index < -0.39 is 5.91 Å². The Kier molecular flexibility index (Phi) is 5.46. The molecule has 0 spiro atoms. The molecule has 0 bridgehead atoms. The van der Waals surface area contributed by atoms with Crippen LogP contribution in [0.2, 0.25) is 5.02 Å². The maximum atomic E-state index is 12.1. The number of hydrogen-bond acceptors (Lipinski definition) is 4. The zero-order valence-corrected chi connectivity index (χ0v) is 15.3. The Hall–Kier alpha value is -2.54. The SMILES string of the molecule is Cc1cc(Cl)ccc1OCC(=O)NCC1CCn2ncc(C(N)=O)c2C1. The van der Waals surface area contributed by atoms with Crippen molar-refractivity contribution in [1.82, 2.24) is 15.1 Å². The quantitative estimate of drug-likeness (QED) is 0.801. The molecule has 138 valence electrons. The summed E-state index contributed by atoms with van der Waals surface area (Å²) in [7, 11) is 0. The molecule has 0 saturated carbocycles. The van der Waals surface area contributed by atoms with Gasteiger partial charge in [0.05, 0.1) is 17.5 Å². The smallest absolute Gasteiger partial charge is 0.257 e. The Bertz CT molecular complexity index is 834. The largest absolute Gasteiger partial charge is 0.484 e. The summed E-state index contributed by atoms with van der Waals surface area (Å²) in [6.45, 7) is 3.05. The Morgan fingerprint density at radius 1 is 1.46 bits per heavy atom. The molecule has 1 aliphatic heterocycles. The normalized spacial score (nSPS) is 16.0. The van der Waals surface area contributed by atoms with Crippen LogP contribution in [-0.2, 0) is 17.8 Å². The number of fused-ring (bicyclic) bond motifs is 1. The van der Waals surface area contributed by atoms with E-state index >= 15 is 0 Å². The maximum Gasteiger partial charge on any atom is 0.257 e. The second-order valence-corrected chi connectivity index (χ2v) is 6.89. The number of ether oxygens (including phenoxy) is 1. The first-order valence-electron chi connectivity index (χ1n) is 8.44. The van der Waals surface area contributed by atoms with E-state index in [9.17, 15) is 9.59 Å². The standard InChI is InChI=1S/C18H21ClN4O3/c1-11-6-13(19)2-3-16(11)26-10-17(24)21-8-12-4-5-23-15(7-12)14(9-22-23)18(20)25/h2-3,6,9,12H,4-5,7-8,10H2,1H3,(H2,20,25)(H,21,24). The van der Waals surface area contributed by atoms with Gasteiger partial charge in [-0.3, -0.25) is 14.3 Å². The van der Waals surface area contributed by atoms with Crippen molar-refractivity contribution < 1.29 is 14.3 Å². The van der Waals surface area contributed by atoms with Gasteiger partial charge in [-0.25, -0.2) is 0 Å². The van der Waals surface area contributed by atoms with Crippen molar-refractivity contribution in [2.45, 2.75) is 26.3 Å². The Morgan fingerprint density at radius 3 is 3.00 bits per heavy atom. The van der Waals surface area contributed by atoms with Gasteiger partial charge in [-0.2, -0.15) is 5.10 Å². The van der Waals surface area contributed by atoms with E-state index in [-0.39, 0.29) is 18.4 Å². The first-order valence-corrected chi connectivity index (χ1v) is 8.82. The molecule has 0 radical (unpaired) electrons. The van der Waals surface area contributed by atoms with Crippen LogP contribution in [0.3, 0.4) is 0 Å². The first kappa shape index (κ1) is 18.3. The molecule has 7 nitrogen and oxygen atoms in total. The lowest BCUT2D eigenvalue weighted by Gasteiger charge is -2.24. The van der Waals surface area contributed by atoms with E-state index in [1.807, 2.05) is 11.6 Å². The number of halogens is 1. The summed E-state index contributed by atoms with van der Waals surface area (Å²) in [4.78, 5) is 23.5. The molecule has 2 heterocycles. The van der Waals surface area contributed by atoms with Crippen LogP contribution in [0, 0.1) is 12.8 Å². The molecule has 1 aromatic carbocycles. The van der Waals surface area contributed by atoms with Crippen molar-refractivity contribution >= 4 is 23.4 Å². The number of nitrogens with one attached hydrogen (secondary N) is 1. The summed E-state index contributed by atoms with van der Waals surface area (Å²) < 4.78 is 7.35. The number of carbonyl (C=O) groups excluding carboxylic acids is 2. The highest BCUT2D eigenvalue weighted by atomic mass is 35.5. The number of amides is 2. The van der Waals surface area contributed by atoms with Gasteiger partial charge in [-0.15, -0.1) is 0 Å². The summed E-state index contributed by atoms with van der Waals surface area (Å²) in [6, 6.07) is 5.26. The lowest BCUT2D eigenvalue weighted by molar-refractivity contribution is -0.123. The number of aryl methyl sites for hydroxylation is 2. The topological polar surface area (TPSA) is 99.2 Å². The number of carbonyl (C=O) groups is 2. The van der Waals surface area contributed by atoms with Gasteiger partial charge in [-0.05, 0) is 49.4 Å². The van der Waals surface area contributed by atoms with E-state index in [0.717, 1.165) is 17.7 Å². The van der Waals surface area contributed by atoms with E-state index in [0.29, 0.717) is 35.8 Å². The van der Waals surface area contributed by atoms with Gasteiger partial charge in [0.1, 0.15) is 5.75 Å². The number of nitrogens with two attached hydrogens (primary N) is 1. The molecule has 8 heteroatoms. The van der Waals surface area contributed by atoms with Gasteiger partial charge in [-0.1, -0.05) is 11.6 Å². The van der Waals surface area contributed by atoms with E-state index in [1.165, 1.54) is 6.20 Å². The lowest BCUT2D eigenvalue weighted by atomic mass is 9.94. The van der Waals surface area contributed by atoms with Crippen molar-refractivity contribution in [1.29, 1.82) is 0 Å². The van der Waals surface area contributed by atoms with Crippen molar-refractivity contribution in [3.8, 4) is 5.75 Å². The fourth-order valence-corrected chi connectivity index (χ4v) is 3.33. The summed E-state index contributed by atoms with van der Waals surface area (Å²) in [6.07, 6.45) is 3.06. The minimum atomic E-state index is -0.470. The number of primary amides is 1. The van der Waals surface area contributed by atoms with Crippen LogP contribution >= 0.6 is 11.6 Å². The molecule has 2 amide bonds. The molecule has 0 fully saturated rings. The number of nitrogens with zero attached hydrogens (tertiary/aromatic N) is 2. The minimum absolute atomic E-state index is 0.0559. The summed E-state index contributed by atoms with van der Waals surface area (Å²) in [5.74, 6) is 0.215. The second-order valence-electron chi connectivity index (χ2n) is 6.45. The van der Waals surface area contributed by atoms with Crippen molar-refractivity contribution in [2.75, 3.05) is 13.2 Å². The average molecular weight is 377 g/mol. The van der Waals surface area contributed by atoms with E-state index in [4.69, 9.17) is 22.1 Å². The van der Waals surface area contributed by atoms with Gasteiger partial charge < -0.3 is 15.8 Å². The van der Waals surface area contributed by atoms with Gasteiger partial charge in [0.2, 0.25) is 0 Å². The molecule has 0 saturated heterocycles. The average Bonchev–Trinajstić information content (AvgIpc) is 3.02. The van der Waals surface area contributed by atoms with Gasteiger partial charge >= 0.3 is 0 Å². The van der Waals surface area contributed by atoms with E-state index in [2.05, 4.69) is 10.4 Å². The Morgan fingerprint density at radius 2 is 2.27 bits per heavy atom. The van der Waals surface area contributed by atoms with Crippen LogP contribution in [0.4, 0.5) is 0 Å². The maximum absolute atomic E-state index is 12.1. The highest BCUT2D eigenvalue weighted by Gasteiger charge is 2.24. The summed E-state index contributed by atoms with van der Waals surface area (Å²) >= 11 is 5.90. The lowest BCUT2D eigenvalue weighted by Crippen LogP contribution is -2.36. The fraction of sp³-hybridized carbons (Fsp3) is 0.389. The van der Waals surface area contributed by atoms with Gasteiger partial charge in [0.25, 0.3) is 11.8 Å². The molecule has 1 atom stereocenters. The number of benzene rings is 1. The van der Waals surface area contributed by atoms with E-state index in [1.54, 1.807) is 18.2 Å². The third-order valence-corrected chi connectivity index (χ3v) is 4.76. The molecular formula is C18H21ClN4O3. The third kappa shape index (κ3) is 4.16. The minimum Gasteiger partial charge on any atom is -0.484 e. The molecule has 3 N–H and O–H groups in total. The zero-order valence-electron chi connectivity index (χ0n) is 14.5. The zero-order chi connectivity index (χ0) is 18.7. The third-order valence-electron chi connectivity index (χ3n) is 4.53. The number of rotatable bonds is 6. The van der Waals surface area contributed by atoms with Crippen LogP contribution in [0.5, 0.6) is 5.75 Å². The Labute approximate surface area is 156 Å². The van der Waals surface area contributed by atoms with Crippen molar-refractivity contribution in [3.05, 3.63) is 46.2 Å². The predicted octanol–water partition coefficient (Wildman–Crippen LogP) is 1.70. The monoisotopic (exact) mass is 376 g/mol. The molecule has 1 aromatic heterocycles. The van der Waals surface area contributed by atoms with Crippen LogP contribution in [0.15, 0.2) is 24.4 Å². The molecule has 1 unspecified atom stereocenters. The number of aromatic nitrogens is 2. The molecule has 26 heavy (non-hydrogen) atoms. The fourth-order valence-electron chi connectivity index (χ4n) is 3.11. The van der Waals surface area contributed by atoms with Crippen LogP contribution < -0.4 is 15.8 Å². The molecular weight excluding hydrogens is 356 g/mol. The molecule has 1 aliphatic rings. The summed E-state index contributed by atoms with van der Waals surface area (Å²) in [5, 5.41) is 7.70. The number of hydrogen-bond donors (Lipinski definition) is 2. The Balaban J connectivity index is 1.49. The highest BCUT2D eigenvalue weighted by Crippen LogP contribution is 2.23. The highest BCUT2D eigenvalue weighted by molar-refractivity contribution is 6.30. The van der Waals surface area contributed by atoms with Crippen LogP contribution in [0.1, 0.15) is 28.0 Å².